The minimum absolute atomic E-state index is 0.0686. The topological polar surface area (TPSA) is 49.4 Å². The number of carbonyl (C=O) groups excluding carboxylic acids is 2. The minimum Gasteiger partial charge on any atom is -0.345 e. The molecule has 1 aliphatic rings. The van der Waals surface area contributed by atoms with Crippen LogP contribution in [0, 0.1) is 6.92 Å². The summed E-state index contributed by atoms with van der Waals surface area (Å²) < 4.78 is 0.829. The Bertz CT molecular complexity index is 459. The molecule has 16 heavy (non-hydrogen) atoms. The van der Waals surface area contributed by atoms with E-state index in [2.05, 4.69) is 21.2 Å². The number of halogens is 1. The molecular formula is C11H11BrN2O2. The van der Waals surface area contributed by atoms with E-state index >= 15 is 0 Å². The number of aryl methyl sites for hydroxylation is 1. The molecule has 5 heteroatoms. The van der Waals surface area contributed by atoms with E-state index in [1.807, 2.05) is 25.1 Å². The molecule has 0 saturated carbocycles. The Morgan fingerprint density at radius 2 is 2.12 bits per heavy atom. The normalized spacial score (nSPS) is 16.2. The molecule has 1 aromatic rings. The van der Waals surface area contributed by atoms with Crippen LogP contribution in [0.5, 0.6) is 0 Å². The van der Waals surface area contributed by atoms with Crippen molar-refractivity contribution in [3.63, 3.8) is 0 Å². The van der Waals surface area contributed by atoms with Crippen molar-refractivity contribution in [2.75, 3.05) is 18.0 Å². The Morgan fingerprint density at radius 1 is 1.38 bits per heavy atom. The molecule has 0 bridgehead atoms. The van der Waals surface area contributed by atoms with Crippen molar-refractivity contribution in [3.8, 4) is 0 Å². The summed E-state index contributed by atoms with van der Waals surface area (Å²) in [5.74, 6) is -0.226. The Labute approximate surface area is 102 Å². The molecular weight excluding hydrogens is 272 g/mol. The third kappa shape index (κ3) is 2.09. The van der Waals surface area contributed by atoms with Gasteiger partial charge in [0.25, 0.3) is 0 Å². The van der Waals surface area contributed by atoms with Crippen molar-refractivity contribution in [2.45, 2.75) is 6.92 Å². The molecule has 2 amide bonds. The highest BCUT2D eigenvalue weighted by atomic mass is 79.9. The van der Waals surface area contributed by atoms with Gasteiger partial charge in [0, 0.05) is 4.47 Å². The molecule has 1 saturated heterocycles. The number of piperazine rings is 1. The predicted octanol–water partition coefficient (Wildman–Crippen LogP) is 1.22. The third-order valence-corrected chi connectivity index (χ3v) is 3.07. The lowest BCUT2D eigenvalue weighted by atomic mass is 10.2. The van der Waals surface area contributed by atoms with Gasteiger partial charge in [0.15, 0.2) is 0 Å². The van der Waals surface area contributed by atoms with Crippen LogP contribution in [0.3, 0.4) is 0 Å². The lowest BCUT2D eigenvalue weighted by Crippen LogP contribution is -2.51. The first kappa shape index (κ1) is 11.1. The van der Waals surface area contributed by atoms with Gasteiger partial charge in [0.05, 0.1) is 12.2 Å². The van der Waals surface area contributed by atoms with Crippen molar-refractivity contribution >= 4 is 33.4 Å². The smallest absolute Gasteiger partial charge is 0.246 e. The van der Waals surface area contributed by atoms with Gasteiger partial charge in [-0.05, 0) is 40.5 Å². The predicted molar refractivity (Wildman–Crippen MR) is 64.2 cm³/mol. The summed E-state index contributed by atoms with van der Waals surface area (Å²) in [5.41, 5.74) is 1.84. The first-order valence-corrected chi connectivity index (χ1v) is 5.70. The zero-order valence-electron chi connectivity index (χ0n) is 8.79. The number of anilines is 1. The van der Waals surface area contributed by atoms with Crippen LogP contribution in [0.15, 0.2) is 22.7 Å². The molecule has 4 nitrogen and oxygen atoms in total. The SMILES string of the molecule is Cc1ccc(N2CC(=O)NCC2=O)c(Br)c1. The average molecular weight is 283 g/mol. The summed E-state index contributed by atoms with van der Waals surface area (Å²) in [6.07, 6.45) is 0. The van der Waals surface area contributed by atoms with E-state index < -0.39 is 0 Å². The van der Waals surface area contributed by atoms with E-state index in [9.17, 15) is 9.59 Å². The van der Waals surface area contributed by atoms with Crippen LogP contribution in [0.2, 0.25) is 0 Å². The van der Waals surface area contributed by atoms with Crippen molar-refractivity contribution in [3.05, 3.63) is 28.2 Å². The first-order valence-electron chi connectivity index (χ1n) is 4.91. The lowest BCUT2D eigenvalue weighted by Gasteiger charge is -2.27. The second-order valence-corrected chi connectivity index (χ2v) is 4.57. The largest absolute Gasteiger partial charge is 0.345 e. The molecule has 1 fully saturated rings. The molecule has 0 aliphatic carbocycles. The van der Waals surface area contributed by atoms with Gasteiger partial charge in [-0.1, -0.05) is 6.07 Å². The first-order chi connectivity index (χ1) is 7.58. The summed E-state index contributed by atoms with van der Waals surface area (Å²) in [4.78, 5) is 24.4. The van der Waals surface area contributed by atoms with E-state index in [0.29, 0.717) is 0 Å². The van der Waals surface area contributed by atoms with Gasteiger partial charge in [-0.15, -0.1) is 0 Å². The third-order valence-electron chi connectivity index (χ3n) is 2.43. The van der Waals surface area contributed by atoms with Crippen LogP contribution in [-0.2, 0) is 9.59 Å². The quantitative estimate of drug-likeness (QED) is 0.842. The van der Waals surface area contributed by atoms with Gasteiger partial charge in [-0.25, -0.2) is 0 Å². The zero-order chi connectivity index (χ0) is 11.7. The Balaban J connectivity index is 2.35. The molecule has 0 unspecified atom stereocenters. The molecule has 84 valence electrons. The monoisotopic (exact) mass is 282 g/mol. The van der Waals surface area contributed by atoms with E-state index in [0.717, 1.165) is 15.7 Å². The van der Waals surface area contributed by atoms with Crippen LogP contribution in [0.4, 0.5) is 5.69 Å². The molecule has 0 aromatic heterocycles. The molecule has 0 spiro atoms. The van der Waals surface area contributed by atoms with Crippen LogP contribution >= 0.6 is 15.9 Å². The van der Waals surface area contributed by atoms with Crippen LogP contribution in [-0.4, -0.2) is 24.9 Å². The molecule has 1 heterocycles. The molecule has 2 rings (SSSR count). The fourth-order valence-electron chi connectivity index (χ4n) is 1.61. The Hall–Kier alpha value is -1.36. The zero-order valence-corrected chi connectivity index (χ0v) is 10.4. The minimum atomic E-state index is -0.132. The van der Waals surface area contributed by atoms with E-state index in [1.165, 1.54) is 4.90 Å². The number of nitrogens with one attached hydrogen (secondary N) is 1. The number of hydrogen-bond acceptors (Lipinski definition) is 2. The molecule has 0 atom stereocenters. The summed E-state index contributed by atoms with van der Waals surface area (Å²) in [7, 11) is 0. The lowest BCUT2D eigenvalue weighted by molar-refractivity contribution is -0.128. The van der Waals surface area contributed by atoms with E-state index in [4.69, 9.17) is 0 Å². The van der Waals surface area contributed by atoms with Gasteiger partial charge >= 0.3 is 0 Å². The highest BCUT2D eigenvalue weighted by Gasteiger charge is 2.25. The summed E-state index contributed by atoms with van der Waals surface area (Å²) in [6.45, 7) is 2.12. The standard InChI is InChI=1S/C11H11BrN2O2/c1-7-2-3-9(8(12)4-7)14-6-10(15)13-5-11(14)16/h2-4H,5-6H2,1H3,(H,13,15). The van der Waals surface area contributed by atoms with Crippen LogP contribution < -0.4 is 10.2 Å². The van der Waals surface area contributed by atoms with E-state index in [1.54, 1.807) is 0 Å². The fraction of sp³-hybridized carbons (Fsp3) is 0.273. The van der Waals surface area contributed by atoms with Crippen LogP contribution in [0.25, 0.3) is 0 Å². The number of benzene rings is 1. The number of amides is 2. The summed E-state index contributed by atoms with van der Waals surface area (Å²) in [5, 5.41) is 2.52. The average Bonchev–Trinajstić information content (AvgIpc) is 2.22. The maximum absolute atomic E-state index is 11.7. The van der Waals surface area contributed by atoms with Crippen molar-refractivity contribution in [1.29, 1.82) is 0 Å². The Kier molecular flexibility index (Phi) is 2.96. The maximum Gasteiger partial charge on any atom is 0.246 e. The molecule has 1 aliphatic heterocycles. The summed E-state index contributed by atoms with van der Waals surface area (Å²) in [6, 6.07) is 5.69. The number of hydrogen-bond donors (Lipinski definition) is 1. The van der Waals surface area contributed by atoms with E-state index in [-0.39, 0.29) is 24.9 Å². The van der Waals surface area contributed by atoms with Gasteiger partial charge in [0.1, 0.15) is 6.54 Å². The molecule has 0 radical (unpaired) electrons. The van der Waals surface area contributed by atoms with Gasteiger partial charge in [-0.3, -0.25) is 9.59 Å². The summed E-state index contributed by atoms with van der Waals surface area (Å²) >= 11 is 3.40. The second kappa shape index (κ2) is 4.25. The number of rotatable bonds is 1. The van der Waals surface area contributed by atoms with Crippen molar-refractivity contribution < 1.29 is 9.59 Å². The molecule has 1 N–H and O–H groups in total. The maximum atomic E-state index is 11.7. The van der Waals surface area contributed by atoms with Gasteiger partial charge in [0.2, 0.25) is 11.8 Å². The fourth-order valence-corrected chi connectivity index (χ4v) is 2.31. The molecule has 1 aromatic carbocycles. The Morgan fingerprint density at radius 3 is 2.81 bits per heavy atom. The van der Waals surface area contributed by atoms with Gasteiger partial charge < -0.3 is 10.2 Å². The van der Waals surface area contributed by atoms with Crippen LogP contribution in [0.1, 0.15) is 5.56 Å². The van der Waals surface area contributed by atoms with Gasteiger partial charge in [-0.2, -0.15) is 0 Å². The van der Waals surface area contributed by atoms with Crippen molar-refractivity contribution in [1.82, 2.24) is 5.32 Å². The number of nitrogens with zero attached hydrogens (tertiary/aromatic N) is 1. The van der Waals surface area contributed by atoms with Crippen molar-refractivity contribution in [2.24, 2.45) is 0 Å². The highest BCUT2D eigenvalue weighted by Crippen LogP contribution is 2.27. The highest BCUT2D eigenvalue weighted by molar-refractivity contribution is 9.10. The number of carbonyl (C=O) groups is 2. The second-order valence-electron chi connectivity index (χ2n) is 3.71.